The number of nitrogens with one attached hydrogen (secondary N) is 1. The van der Waals surface area contributed by atoms with Crippen LogP contribution >= 0.6 is 0 Å². The number of anilines is 2. The molecular formula is C19H15F4N3O2. The van der Waals surface area contributed by atoms with E-state index in [1.165, 1.54) is 26.2 Å². The van der Waals surface area contributed by atoms with Gasteiger partial charge in [0.2, 0.25) is 11.8 Å². The van der Waals surface area contributed by atoms with Crippen LogP contribution in [0.15, 0.2) is 41.3 Å². The van der Waals surface area contributed by atoms with Crippen LogP contribution in [0.5, 0.6) is 5.75 Å². The van der Waals surface area contributed by atoms with Gasteiger partial charge in [0, 0.05) is 17.8 Å². The van der Waals surface area contributed by atoms with Crippen LogP contribution < -0.4 is 15.6 Å². The summed E-state index contributed by atoms with van der Waals surface area (Å²) in [5, 5.41) is 2.59. The van der Waals surface area contributed by atoms with E-state index >= 15 is 0 Å². The van der Waals surface area contributed by atoms with Crippen LogP contribution in [0.4, 0.5) is 29.2 Å². The van der Waals surface area contributed by atoms with E-state index < -0.39 is 28.8 Å². The Hall–Kier alpha value is -3.36. The van der Waals surface area contributed by atoms with Crippen molar-refractivity contribution in [1.82, 2.24) is 9.55 Å². The minimum atomic E-state index is -1.16. The van der Waals surface area contributed by atoms with Crippen LogP contribution in [0.2, 0.25) is 0 Å². The van der Waals surface area contributed by atoms with Crippen LogP contribution in [0.3, 0.4) is 0 Å². The number of aromatic nitrogens is 2. The summed E-state index contributed by atoms with van der Waals surface area (Å²) in [6, 6.07) is 6.02. The summed E-state index contributed by atoms with van der Waals surface area (Å²) in [5.41, 5.74) is -1.22. The molecule has 1 aromatic heterocycles. The van der Waals surface area contributed by atoms with E-state index in [0.717, 1.165) is 29.0 Å². The Morgan fingerprint density at radius 1 is 1.04 bits per heavy atom. The average Bonchev–Trinajstić information content (AvgIpc) is 2.65. The molecule has 0 unspecified atom stereocenters. The van der Waals surface area contributed by atoms with Gasteiger partial charge in [0.25, 0.3) is 0 Å². The number of hydrogen-bond acceptors (Lipinski definition) is 4. The smallest absolute Gasteiger partial charge is 0.310 e. The Balaban J connectivity index is 2.03. The van der Waals surface area contributed by atoms with Crippen LogP contribution in [-0.2, 0) is 6.54 Å². The summed E-state index contributed by atoms with van der Waals surface area (Å²) in [5.74, 6) is -3.23. The Bertz CT molecular complexity index is 1080. The molecule has 3 rings (SSSR count). The molecule has 28 heavy (non-hydrogen) atoms. The van der Waals surface area contributed by atoms with Gasteiger partial charge in [-0.1, -0.05) is 0 Å². The normalized spacial score (nSPS) is 10.8. The van der Waals surface area contributed by atoms with E-state index in [4.69, 9.17) is 4.74 Å². The lowest BCUT2D eigenvalue weighted by atomic mass is 10.1. The van der Waals surface area contributed by atoms with E-state index in [-0.39, 0.29) is 29.3 Å². The first-order valence-electron chi connectivity index (χ1n) is 8.10. The molecule has 9 heteroatoms. The second-order valence-corrected chi connectivity index (χ2v) is 6.00. The zero-order valence-corrected chi connectivity index (χ0v) is 14.9. The van der Waals surface area contributed by atoms with Crippen LogP contribution in [0, 0.1) is 30.2 Å². The molecule has 1 heterocycles. The summed E-state index contributed by atoms with van der Waals surface area (Å²) < 4.78 is 61.6. The minimum absolute atomic E-state index is 0.0760. The van der Waals surface area contributed by atoms with Gasteiger partial charge < -0.3 is 14.6 Å². The first-order chi connectivity index (χ1) is 13.3. The van der Waals surface area contributed by atoms with Gasteiger partial charge in [0.1, 0.15) is 23.2 Å². The molecule has 2 aromatic carbocycles. The first-order valence-corrected chi connectivity index (χ1v) is 8.10. The lowest BCUT2D eigenvalue weighted by Crippen LogP contribution is -2.20. The first kappa shape index (κ1) is 19.4. The second-order valence-electron chi connectivity index (χ2n) is 6.00. The summed E-state index contributed by atoms with van der Waals surface area (Å²) in [6.45, 7) is 1.07. The molecule has 1 N–H and O–H groups in total. The molecule has 0 aliphatic rings. The van der Waals surface area contributed by atoms with Crippen LogP contribution in [-0.4, -0.2) is 16.7 Å². The molecule has 0 fully saturated rings. The average molecular weight is 393 g/mol. The molecule has 0 radical (unpaired) electrons. The van der Waals surface area contributed by atoms with Gasteiger partial charge in [-0.2, -0.15) is 9.37 Å². The fourth-order valence-electron chi connectivity index (χ4n) is 2.52. The van der Waals surface area contributed by atoms with Gasteiger partial charge >= 0.3 is 5.56 Å². The number of ether oxygens (including phenoxy) is 1. The second kappa shape index (κ2) is 7.71. The zero-order valence-electron chi connectivity index (χ0n) is 14.9. The van der Waals surface area contributed by atoms with E-state index in [1.807, 2.05) is 0 Å². The van der Waals surface area contributed by atoms with E-state index in [1.54, 1.807) is 0 Å². The topological polar surface area (TPSA) is 56.1 Å². The summed E-state index contributed by atoms with van der Waals surface area (Å²) in [7, 11) is 1.39. The van der Waals surface area contributed by atoms with Crippen molar-refractivity contribution < 1.29 is 22.3 Å². The maximum Gasteiger partial charge on any atom is 0.310 e. The van der Waals surface area contributed by atoms with Crippen molar-refractivity contribution in [3.05, 3.63) is 81.3 Å². The van der Waals surface area contributed by atoms with E-state index in [9.17, 15) is 22.4 Å². The molecule has 3 aromatic rings. The summed E-state index contributed by atoms with van der Waals surface area (Å²) in [6.07, 6.45) is 0.825. The minimum Gasteiger partial charge on any atom is -0.497 e. The fraction of sp³-hybridized carbons (Fsp3) is 0.158. The molecule has 0 bridgehead atoms. The number of methoxy groups -OCH3 is 1. The number of nitrogens with zero attached hydrogens (tertiary/aromatic N) is 2. The third-order valence-electron chi connectivity index (χ3n) is 4.07. The Kier molecular flexibility index (Phi) is 5.34. The lowest BCUT2D eigenvalue weighted by Gasteiger charge is -2.15. The predicted octanol–water partition coefficient (Wildman–Crippen LogP) is 3.91. The number of benzene rings is 2. The standard InChI is InChI=1S/C19H15F4N3O2/c1-10-14(21)5-11(6-15(10)22)8-26-9-16(23)18(27)25-19(26)24-17-7-12(28-2)3-4-13(17)20/h3-7,9H,8H2,1-2H3,(H,24,25,27). The van der Waals surface area contributed by atoms with Crippen molar-refractivity contribution in [2.24, 2.45) is 0 Å². The van der Waals surface area contributed by atoms with Gasteiger partial charge in [-0.3, -0.25) is 4.79 Å². The highest BCUT2D eigenvalue weighted by Crippen LogP contribution is 2.24. The van der Waals surface area contributed by atoms with Gasteiger partial charge in [0.05, 0.1) is 19.3 Å². The largest absolute Gasteiger partial charge is 0.497 e. The van der Waals surface area contributed by atoms with Crippen molar-refractivity contribution in [2.75, 3.05) is 12.4 Å². The lowest BCUT2D eigenvalue weighted by molar-refractivity contribution is 0.414. The molecule has 0 saturated carbocycles. The van der Waals surface area contributed by atoms with Crippen molar-refractivity contribution in [1.29, 1.82) is 0 Å². The van der Waals surface area contributed by atoms with Crippen molar-refractivity contribution in [2.45, 2.75) is 13.5 Å². The zero-order chi connectivity index (χ0) is 20.4. The SMILES string of the molecule is COc1ccc(F)c(Nc2nc(=O)c(F)cn2Cc2cc(F)c(C)c(F)c2)c1. The molecule has 146 valence electrons. The Morgan fingerprint density at radius 3 is 2.36 bits per heavy atom. The monoisotopic (exact) mass is 393 g/mol. The van der Waals surface area contributed by atoms with E-state index in [0.29, 0.717) is 5.75 Å². The molecule has 0 saturated heterocycles. The number of halogens is 4. The number of rotatable bonds is 5. The van der Waals surface area contributed by atoms with Gasteiger partial charge in [-0.15, -0.1) is 0 Å². The molecular weight excluding hydrogens is 378 g/mol. The third kappa shape index (κ3) is 3.98. The predicted molar refractivity (Wildman–Crippen MR) is 94.9 cm³/mol. The fourth-order valence-corrected chi connectivity index (χ4v) is 2.52. The highest BCUT2D eigenvalue weighted by molar-refractivity contribution is 5.57. The molecule has 0 aliphatic carbocycles. The maximum absolute atomic E-state index is 14.1. The van der Waals surface area contributed by atoms with Crippen molar-refractivity contribution >= 4 is 11.6 Å². The van der Waals surface area contributed by atoms with Crippen molar-refractivity contribution in [3.63, 3.8) is 0 Å². The van der Waals surface area contributed by atoms with Crippen LogP contribution in [0.25, 0.3) is 0 Å². The van der Waals surface area contributed by atoms with Crippen molar-refractivity contribution in [3.8, 4) is 5.75 Å². The quantitative estimate of drug-likeness (QED) is 0.668. The highest BCUT2D eigenvalue weighted by atomic mass is 19.1. The highest BCUT2D eigenvalue weighted by Gasteiger charge is 2.14. The maximum atomic E-state index is 14.1. The molecule has 0 atom stereocenters. The summed E-state index contributed by atoms with van der Waals surface area (Å²) >= 11 is 0. The number of hydrogen-bond donors (Lipinski definition) is 1. The molecule has 0 amide bonds. The van der Waals surface area contributed by atoms with Gasteiger partial charge in [-0.05, 0) is 36.8 Å². The molecule has 5 nitrogen and oxygen atoms in total. The Labute approximate surface area is 157 Å². The molecule has 0 aliphatic heterocycles. The van der Waals surface area contributed by atoms with Gasteiger partial charge in [-0.25, -0.2) is 13.2 Å². The van der Waals surface area contributed by atoms with Crippen LogP contribution in [0.1, 0.15) is 11.1 Å². The molecule has 0 spiro atoms. The van der Waals surface area contributed by atoms with Gasteiger partial charge in [0.15, 0.2) is 0 Å². The summed E-state index contributed by atoms with van der Waals surface area (Å²) in [4.78, 5) is 15.2. The third-order valence-corrected chi connectivity index (χ3v) is 4.07. The van der Waals surface area contributed by atoms with E-state index in [2.05, 4.69) is 10.3 Å². The Morgan fingerprint density at radius 2 is 1.71 bits per heavy atom.